The van der Waals surface area contributed by atoms with Crippen molar-refractivity contribution >= 4 is 11.9 Å². The maximum Gasteiger partial charge on any atom is 0.416 e. The molecule has 2 N–H and O–H groups in total. The quantitative estimate of drug-likeness (QED) is 0.152. The number of fused-ring (bicyclic) bond motifs is 2. The third-order valence-electron chi connectivity index (χ3n) is 10.1. The molecule has 0 saturated carbocycles. The number of rotatable bonds is 12. The Labute approximate surface area is 305 Å². The highest BCUT2D eigenvalue weighted by molar-refractivity contribution is 5.82. The molecule has 2 saturated heterocycles. The van der Waals surface area contributed by atoms with E-state index >= 15 is 4.39 Å². The largest absolute Gasteiger partial charge is 0.481 e. The van der Waals surface area contributed by atoms with Crippen LogP contribution in [0.1, 0.15) is 91.9 Å². The van der Waals surface area contributed by atoms with E-state index in [4.69, 9.17) is 4.74 Å². The summed E-state index contributed by atoms with van der Waals surface area (Å²) in [4.78, 5) is 41.9. The molecule has 2 unspecified atom stereocenters. The molecular formula is C40H44F5N3O5. The minimum atomic E-state index is -4.83. The highest BCUT2D eigenvalue weighted by atomic mass is 19.4. The van der Waals surface area contributed by atoms with Gasteiger partial charge in [0.05, 0.1) is 31.2 Å². The van der Waals surface area contributed by atoms with Gasteiger partial charge in [0.1, 0.15) is 17.7 Å². The minimum Gasteiger partial charge on any atom is -0.481 e. The minimum absolute atomic E-state index is 0.0106. The molecule has 284 valence electrons. The van der Waals surface area contributed by atoms with Crippen LogP contribution in [-0.4, -0.2) is 58.3 Å². The van der Waals surface area contributed by atoms with Gasteiger partial charge in [0.15, 0.2) is 0 Å². The number of halogens is 5. The Morgan fingerprint density at radius 3 is 2.25 bits per heavy atom. The van der Waals surface area contributed by atoms with Gasteiger partial charge in [-0.15, -0.1) is 5.92 Å². The third kappa shape index (κ3) is 8.99. The lowest BCUT2D eigenvalue weighted by Gasteiger charge is -2.34. The number of aromatic nitrogens is 1. The molecule has 13 heteroatoms. The topological polar surface area (TPSA) is 101 Å². The van der Waals surface area contributed by atoms with Gasteiger partial charge >= 0.3 is 12.1 Å². The van der Waals surface area contributed by atoms with Crippen molar-refractivity contribution in [1.82, 2.24) is 14.8 Å². The van der Waals surface area contributed by atoms with Crippen LogP contribution in [0.15, 0.2) is 41.3 Å². The number of carbonyl (C=O) groups is 2. The van der Waals surface area contributed by atoms with Crippen LogP contribution >= 0.6 is 0 Å². The summed E-state index contributed by atoms with van der Waals surface area (Å²) >= 11 is 0. The Morgan fingerprint density at radius 1 is 1.04 bits per heavy atom. The second kappa shape index (κ2) is 16.2. The van der Waals surface area contributed by atoms with Crippen LogP contribution in [0, 0.1) is 43.2 Å². The third-order valence-corrected chi connectivity index (χ3v) is 10.1. The zero-order chi connectivity index (χ0) is 38.8. The predicted molar refractivity (Wildman–Crippen MR) is 189 cm³/mol. The lowest BCUT2D eigenvalue weighted by molar-refractivity contribution is -0.139. The molecule has 1 aromatic heterocycles. The average Bonchev–Trinajstić information content (AvgIpc) is 3.26. The van der Waals surface area contributed by atoms with Gasteiger partial charge in [-0.3, -0.25) is 19.3 Å². The number of carbonyl (C=O) groups excluding carboxylic acids is 1. The normalized spacial score (nSPS) is 18.4. The van der Waals surface area contributed by atoms with Crippen molar-refractivity contribution in [3.8, 4) is 23.0 Å². The maximum absolute atomic E-state index is 15.9. The van der Waals surface area contributed by atoms with Gasteiger partial charge in [0.25, 0.3) is 5.56 Å². The van der Waals surface area contributed by atoms with Crippen molar-refractivity contribution in [2.24, 2.45) is 5.92 Å². The first-order valence-electron chi connectivity index (χ1n) is 17.7. The lowest BCUT2D eigenvalue weighted by atomic mass is 9.88. The zero-order valence-electron chi connectivity index (χ0n) is 30.4. The summed E-state index contributed by atoms with van der Waals surface area (Å²) < 4.78 is 79.7. The summed E-state index contributed by atoms with van der Waals surface area (Å²) in [6.45, 7) is 9.74. The first-order valence-corrected chi connectivity index (χ1v) is 17.7. The summed E-state index contributed by atoms with van der Waals surface area (Å²) in [6.07, 6.45) is -2.77. The molecule has 4 atom stereocenters. The lowest BCUT2D eigenvalue weighted by Crippen LogP contribution is -2.46. The average molecular weight is 742 g/mol. The first-order chi connectivity index (χ1) is 25.0. The molecule has 8 nitrogen and oxygen atoms in total. The van der Waals surface area contributed by atoms with Crippen LogP contribution in [0.25, 0.3) is 11.1 Å². The Morgan fingerprint density at radius 2 is 1.68 bits per heavy atom. The number of hydrogen-bond acceptors (Lipinski definition) is 5. The summed E-state index contributed by atoms with van der Waals surface area (Å²) in [5, 5.41) is 12.5. The summed E-state index contributed by atoms with van der Waals surface area (Å²) in [7, 11) is 0. The standard InChI is InChI=1S/C40H44F5N3O5/c1-6-7-25-15-33(42)31(16-30(25)38-23(4)13-27(41)14-24(38)5)34(18-37(50)51)46-39(52)35(12-22(2)3)48-19-26(32(17-36(48)49)40(43,44)45)10-11-47-28-8-9-29(47)21-53-20-28/h13-17,19,22,28-29,34-35H,8-12,18,20-21H2,1-5H3,(H,46,52)(H,50,51)/t28?,29?,34-,35-/m1/s1. The summed E-state index contributed by atoms with van der Waals surface area (Å²) in [5.74, 6) is 1.78. The van der Waals surface area contributed by atoms with Crippen molar-refractivity contribution < 1.29 is 41.4 Å². The van der Waals surface area contributed by atoms with Crippen molar-refractivity contribution in [2.45, 2.75) is 97.1 Å². The highest BCUT2D eigenvalue weighted by Gasteiger charge is 2.39. The van der Waals surface area contributed by atoms with E-state index in [0.29, 0.717) is 48.1 Å². The molecule has 3 aromatic rings. The van der Waals surface area contributed by atoms with E-state index in [2.05, 4.69) is 22.1 Å². The van der Waals surface area contributed by atoms with E-state index in [9.17, 15) is 37.1 Å². The number of aryl methyl sites for hydroxylation is 2. The van der Waals surface area contributed by atoms with E-state index in [-0.39, 0.29) is 47.5 Å². The van der Waals surface area contributed by atoms with Crippen molar-refractivity contribution in [3.63, 3.8) is 0 Å². The van der Waals surface area contributed by atoms with Crippen LogP contribution in [0.4, 0.5) is 22.0 Å². The first kappa shape index (κ1) is 39.7. The number of pyridine rings is 1. The number of benzene rings is 2. The molecule has 2 bridgehead atoms. The van der Waals surface area contributed by atoms with Crippen LogP contribution in [0.2, 0.25) is 0 Å². The Bertz CT molecular complexity index is 1960. The summed E-state index contributed by atoms with van der Waals surface area (Å²) in [5.41, 5.74) is -0.223. The van der Waals surface area contributed by atoms with Crippen LogP contribution in [-0.2, 0) is 26.9 Å². The number of carboxylic acids is 1. The molecule has 2 aromatic carbocycles. The number of morpholine rings is 1. The molecule has 5 rings (SSSR count). The number of alkyl halides is 3. The van der Waals surface area contributed by atoms with Crippen molar-refractivity contribution in [2.75, 3.05) is 19.8 Å². The van der Waals surface area contributed by atoms with Crippen LogP contribution in [0.5, 0.6) is 0 Å². The van der Waals surface area contributed by atoms with Gasteiger partial charge in [-0.05, 0) is 104 Å². The second-order valence-corrected chi connectivity index (χ2v) is 14.4. The van der Waals surface area contributed by atoms with E-state index in [1.165, 1.54) is 18.2 Å². The molecule has 2 aliphatic heterocycles. The van der Waals surface area contributed by atoms with Crippen LogP contribution in [0.3, 0.4) is 0 Å². The SMILES string of the molecule is CC#Cc1cc(F)c([C@@H](CC(=O)O)NC(=O)[C@@H](CC(C)C)n2cc(CCN3C4CCC3COC4)c(C(F)(F)F)cc2=O)cc1-c1c(C)cc(F)cc1C. The smallest absolute Gasteiger partial charge is 0.416 e. The molecular weight excluding hydrogens is 697 g/mol. The van der Waals surface area contributed by atoms with Gasteiger partial charge in [0, 0.05) is 42.0 Å². The van der Waals surface area contributed by atoms with E-state index in [1.54, 1.807) is 34.6 Å². The number of amides is 1. The number of carboxylic acid groups (broad SMARTS) is 1. The fourth-order valence-electron chi connectivity index (χ4n) is 7.74. The zero-order valence-corrected chi connectivity index (χ0v) is 30.4. The van der Waals surface area contributed by atoms with Gasteiger partial charge < -0.3 is 19.7 Å². The Hall–Kier alpha value is -4.54. The molecule has 3 heterocycles. The summed E-state index contributed by atoms with van der Waals surface area (Å²) in [6, 6.07) is 3.02. The molecule has 1 amide bonds. The van der Waals surface area contributed by atoms with Gasteiger partial charge in [0.2, 0.25) is 5.91 Å². The Balaban J connectivity index is 1.55. The fourth-order valence-corrected chi connectivity index (χ4v) is 7.74. The molecule has 0 aliphatic carbocycles. The highest BCUT2D eigenvalue weighted by Crippen LogP contribution is 2.37. The Kier molecular flexibility index (Phi) is 12.1. The number of ether oxygens (including phenoxy) is 1. The van der Waals surface area contributed by atoms with E-state index < -0.39 is 59.3 Å². The second-order valence-electron chi connectivity index (χ2n) is 14.4. The van der Waals surface area contributed by atoms with Gasteiger partial charge in [-0.2, -0.15) is 13.2 Å². The number of hydrogen-bond donors (Lipinski definition) is 2. The van der Waals surface area contributed by atoms with E-state index in [0.717, 1.165) is 29.7 Å². The van der Waals surface area contributed by atoms with Crippen LogP contribution < -0.4 is 10.9 Å². The van der Waals surface area contributed by atoms with Gasteiger partial charge in [-0.1, -0.05) is 19.8 Å². The van der Waals surface area contributed by atoms with Crippen molar-refractivity contribution in [3.05, 3.63) is 91.9 Å². The van der Waals surface area contributed by atoms with E-state index in [1.807, 2.05) is 0 Å². The predicted octanol–water partition coefficient (Wildman–Crippen LogP) is 7.13. The molecule has 2 aliphatic rings. The molecule has 53 heavy (non-hydrogen) atoms. The molecule has 0 radical (unpaired) electrons. The number of nitrogens with one attached hydrogen (secondary N) is 1. The van der Waals surface area contributed by atoms with Crippen molar-refractivity contribution in [1.29, 1.82) is 0 Å². The number of nitrogens with zero attached hydrogens (tertiary/aromatic N) is 2. The monoisotopic (exact) mass is 741 g/mol. The maximum atomic E-state index is 15.9. The van der Waals surface area contributed by atoms with Gasteiger partial charge in [-0.25, -0.2) is 8.78 Å². The fraction of sp³-hybridized carbons (Fsp3) is 0.475. The molecule has 2 fully saturated rings. The molecule has 0 spiro atoms. The number of aliphatic carboxylic acids is 1.